The second-order valence-corrected chi connectivity index (χ2v) is 4.90. The Kier molecular flexibility index (Phi) is 4.12. The summed E-state index contributed by atoms with van der Waals surface area (Å²) < 4.78 is 4.95. The fraction of sp³-hybridized carbons (Fsp3) is 0.583. The van der Waals surface area contributed by atoms with Gasteiger partial charge in [-0.25, -0.2) is 0 Å². The highest BCUT2D eigenvalue weighted by molar-refractivity contribution is 5.91. The lowest BCUT2D eigenvalue weighted by molar-refractivity contribution is 0.0549. The fourth-order valence-corrected chi connectivity index (χ4v) is 1.25. The van der Waals surface area contributed by atoms with Gasteiger partial charge >= 0.3 is 0 Å². The summed E-state index contributed by atoms with van der Waals surface area (Å²) in [4.78, 5) is 11.5. The number of hydrogen-bond acceptors (Lipinski definition) is 3. The van der Waals surface area contributed by atoms with E-state index >= 15 is 0 Å². The minimum Gasteiger partial charge on any atom is -0.459 e. The molecule has 0 unspecified atom stereocenters. The predicted octanol–water partition coefficient (Wildman–Crippen LogP) is 1.81. The number of nitrogens with one attached hydrogen (secondary N) is 1. The molecule has 0 aliphatic rings. The van der Waals surface area contributed by atoms with E-state index in [1.54, 1.807) is 12.1 Å². The number of hydrogen-bond donors (Lipinski definition) is 2. The Morgan fingerprint density at radius 1 is 1.56 bits per heavy atom. The standard InChI is InChI=1S/C12H19NO3/c1-12(2,3)10(14)6-7-13-11(15)9-5-4-8-16-9/h4-5,8,10,14H,6-7H2,1-3H3,(H,13,15)/t10-/m0/s1. The Morgan fingerprint density at radius 3 is 2.75 bits per heavy atom. The first-order valence-electron chi connectivity index (χ1n) is 5.41. The van der Waals surface area contributed by atoms with E-state index in [4.69, 9.17) is 4.42 Å². The molecule has 1 amide bonds. The molecule has 0 aliphatic carbocycles. The minimum absolute atomic E-state index is 0.157. The molecule has 90 valence electrons. The van der Waals surface area contributed by atoms with E-state index in [-0.39, 0.29) is 11.3 Å². The molecule has 0 radical (unpaired) electrons. The second-order valence-electron chi connectivity index (χ2n) is 4.90. The number of aliphatic hydroxyl groups is 1. The lowest BCUT2D eigenvalue weighted by Crippen LogP contribution is -2.32. The van der Waals surface area contributed by atoms with E-state index in [1.807, 2.05) is 20.8 Å². The number of aliphatic hydroxyl groups excluding tert-OH is 1. The van der Waals surface area contributed by atoms with Gasteiger partial charge in [0.25, 0.3) is 5.91 Å². The molecule has 0 bridgehead atoms. The van der Waals surface area contributed by atoms with Crippen LogP contribution in [0.1, 0.15) is 37.7 Å². The highest BCUT2D eigenvalue weighted by Gasteiger charge is 2.21. The molecule has 0 saturated heterocycles. The van der Waals surface area contributed by atoms with Crippen molar-refractivity contribution in [3.8, 4) is 0 Å². The molecule has 1 rings (SSSR count). The number of furan rings is 1. The van der Waals surface area contributed by atoms with Crippen LogP contribution in [0.15, 0.2) is 22.8 Å². The van der Waals surface area contributed by atoms with Gasteiger partial charge in [-0.3, -0.25) is 4.79 Å². The van der Waals surface area contributed by atoms with Crippen molar-refractivity contribution in [3.63, 3.8) is 0 Å². The summed E-state index contributed by atoms with van der Waals surface area (Å²) in [6, 6.07) is 3.27. The lowest BCUT2D eigenvalue weighted by atomic mass is 9.87. The number of carbonyl (C=O) groups excluding carboxylic acids is 1. The third-order valence-corrected chi connectivity index (χ3v) is 2.45. The van der Waals surface area contributed by atoms with Crippen LogP contribution in [0.3, 0.4) is 0 Å². The van der Waals surface area contributed by atoms with Gasteiger partial charge in [0.15, 0.2) is 5.76 Å². The zero-order chi connectivity index (χ0) is 12.2. The molecule has 16 heavy (non-hydrogen) atoms. The van der Waals surface area contributed by atoms with E-state index < -0.39 is 6.10 Å². The maximum absolute atomic E-state index is 11.5. The third kappa shape index (κ3) is 3.70. The van der Waals surface area contributed by atoms with Gasteiger partial charge in [0, 0.05) is 6.54 Å². The maximum Gasteiger partial charge on any atom is 0.286 e. The molecule has 1 atom stereocenters. The highest BCUT2D eigenvalue weighted by atomic mass is 16.3. The van der Waals surface area contributed by atoms with Crippen LogP contribution < -0.4 is 5.32 Å². The van der Waals surface area contributed by atoms with Crippen molar-refractivity contribution in [1.82, 2.24) is 5.32 Å². The van der Waals surface area contributed by atoms with Crippen molar-refractivity contribution in [2.75, 3.05) is 6.54 Å². The van der Waals surface area contributed by atoms with Crippen molar-refractivity contribution in [2.24, 2.45) is 5.41 Å². The molecular formula is C12H19NO3. The van der Waals surface area contributed by atoms with Crippen molar-refractivity contribution in [2.45, 2.75) is 33.3 Å². The van der Waals surface area contributed by atoms with E-state index in [2.05, 4.69) is 5.32 Å². The summed E-state index contributed by atoms with van der Waals surface area (Å²) in [6.45, 7) is 6.34. The topological polar surface area (TPSA) is 62.5 Å². The van der Waals surface area contributed by atoms with Gasteiger partial charge in [-0.2, -0.15) is 0 Å². The first-order chi connectivity index (χ1) is 7.41. The van der Waals surface area contributed by atoms with Gasteiger partial charge in [0.1, 0.15) is 0 Å². The summed E-state index contributed by atoms with van der Waals surface area (Å²) in [5.41, 5.74) is -0.157. The molecule has 0 spiro atoms. The van der Waals surface area contributed by atoms with Crippen LogP contribution in [-0.2, 0) is 0 Å². The lowest BCUT2D eigenvalue weighted by Gasteiger charge is -2.25. The predicted molar refractivity (Wildman–Crippen MR) is 61.1 cm³/mol. The maximum atomic E-state index is 11.5. The Morgan fingerprint density at radius 2 is 2.25 bits per heavy atom. The molecule has 2 N–H and O–H groups in total. The normalized spacial score (nSPS) is 13.5. The largest absolute Gasteiger partial charge is 0.459 e. The van der Waals surface area contributed by atoms with E-state index in [0.717, 1.165) is 0 Å². The Hall–Kier alpha value is -1.29. The van der Waals surface area contributed by atoms with Gasteiger partial charge in [0.2, 0.25) is 0 Å². The monoisotopic (exact) mass is 225 g/mol. The first kappa shape index (κ1) is 12.8. The van der Waals surface area contributed by atoms with Crippen LogP contribution in [0, 0.1) is 5.41 Å². The summed E-state index contributed by atoms with van der Waals surface area (Å²) in [7, 11) is 0. The van der Waals surface area contributed by atoms with E-state index in [9.17, 15) is 9.90 Å². The van der Waals surface area contributed by atoms with Gasteiger partial charge in [-0.15, -0.1) is 0 Å². The Balaban J connectivity index is 2.29. The molecule has 0 fully saturated rings. The van der Waals surface area contributed by atoms with Gasteiger partial charge in [-0.05, 0) is 24.0 Å². The molecule has 0 aliphatic heterocycles. The number of rotatable bonds is 4. The molecule has 0 aromatic carbocycles. The number of carbonyl (C=O) groups is 1. The van der Waals surface area contributed by atoms with Crippen molar-refractivity contribution in [1.29, 1.82) is 0 Å². The molecule has 4 heteroatoms. The molecule has 1 heterocycles. The van der Waals surface area contributed by atoms with Crippen LogP contribution in [-0.4, -0.2) is 23.7 Å². The summed E-state index contributed by atoms with van der Waals surface area (Å²) in [6.07, 6.45) is 1.57. The van der Waals surface area contributed by atoms with Crippen molar-refractivity contribution < 1.29 is 14.3 Å². The van der Waals surface area contributed by atoms with Crippen LogP contribution in [0.4, 0.5) is 0 Å². The summed E-state index contributed by atoms with van der Waals surface area (Å²) in [5.74, 6) is 0.0522. The highest BCUT2D eigenvalue weighted by Crippen LogP contribution is 2.20. The zero-order valence-electron chi connectivity index (χ0n) is 9.99. The third-order valence-electron chi connectivity index (χ3n) is 2.45. The molecule has 1 aromatic heterocycles. The average molecular weight is 225 g/mol. The fourth-order valence-electron chi connectivity index (χ4n) is 1.25. The van der Waals surface area contributed by atoms with Crippen molar-refractivity contribution in [3.05, 3.63) is 24.2 Å². The molecular weight excluding hydrogens is 206 g/mol. The van der Waals surface area contributed by atoms with Crippen LogP contribution in [0.2, 0.25) is 0 Å². The number of amides is 1. The van der Waals surface area contributed by atoms with E-state index in [0.29, 0.717) is 18.7 Å². The summed E-state index contributed by atoms with van der Waals surface area (Å²) >= 11 is 0. The smallest absolute Gasteiger partial charge is 0.286 e. The summed E-state index contributed by atoms with van der Waals surface area (Å²) in [5, 5.41) is 12.4. The van der Waals surface area contributed by atoms with Gasteiger partial charge < -0.3 is 14.8 Å². The minimum atomic E-state index is -0.426. The molecule has 1 aromatic rings. The Bertz CT molecular complexity index is 325. The van der Waals surface area contributed by atoms with Crippen LogP contribution in [0.5, 0.6) is 0 Å². The van der Waals surface area contributed by atoms with E-state index in [1.165, 1.54) is 6.26 Å². The Labute approximate surface area is 95.7 Å². The molecule has 0 saturated carbocycles. The average Bonchev–Trinajstić information content (AvgIpc) is 2.68. The van der Waals surface area contributed by atoms with Crippen molar-refractivity contribution >= 4 is 5.91 Å². The molecule has 4 nitrogen and oxygen atoms in total. The first-order valence-corrected chi connectivity index (χ1v) is 5.41. The van der Waals surface area contributed by atoms with Crippen LogP contribution >= 0.6 is 0 Å². The zero-order valence-corrected chi connectivity index (χ0v) is 9.99. The van der Waals surface area contributed by atoms with Gasteiger partial charge in [-0.1, -0.05) is 20.8 Å². The second kappa shape index (κ2) is 5.16. The van der Waals surface area contributed by atoms with Crippen LogP contribution in [0.25, 0.3) is 0 Å². The van der Waals surface area contributed by atoms with Gasteiger partial charge in [0.05, 0.1) is 12.4 Å². The quantitative estimate of drug-likeness (QED) is 0.821. The SMILES string of the molecule is CC(C)(C)[C@@H](O)CCNC(=O)c1ccco1.